The van der Waals surface area contributed by atoms with Crippen molar-refractivity contribution in [2.45, 2.75) is 13.0 Å². The van der Waals surface area contributed by atoms with Gasteiger partial charge in [-0.3, -0.25) is 4.79 Å². The Hall–Kier alpha value is -0.260. The summed E-state index contributed by atoms with van der Waals surface area (Å²) >= 11 is 0. The Morgan fingerprint density at radius 2 is 2.18 bits per heavy atom. The zero-order valence-corrected chi connectivity index (χ0v) is 6.61. The van der Waals surface area contributed by atoms with Gasteiger partial charge in [0.2, 0.25) is 0 Å². The van der Waals surface area contributed by atoms with E-state index in [1.54, 1.807) is 0 Å². The van der Waals surface area contributed by atoms with Gasteiger partial charge in [-0.1, -0.05) is 0 Å². The fourth-order valence-electron chi connectivity index (χ4n) is 0.279. The normalized spacial score (nSPS) is 14.5. The number of carbonyl (C=O) groups is 1. The molecule has 6 nitrogen and oxygen atoms in total. The lowest BCUT2D eigenvalue weighted by atomic mass is 10.3. The summed E-state index contributed by atoms with van der Waals surface area (Å²) in [5, 5.41) is 8.62. The number of Topliss-reactive ketones (excluding diaryl/α,β-unsaturated/α-hetero) is 1. The Kier molecular flexibility index (Phi) is 3.85. The maximum Gasteiger partial charge on any atom is 0.160 e. The molecule has 0 aromatic rings. The molecule has 0 aromatic heterocycles. The Morgan fingerprint density at radius 1 is 1.73 bits per heavy atom. The number of hydrogen-bond acceptors (Lipinski definition) is 6. The highest BCUT2D eigenvalue weighted by atomic mass is 31.2. The molecule has 7 heteroatoms. The van der Waals surface area contributed by atoms with Crippen LogP contribution >= 0.6 is 7.82 Å². The van der Waals surface area contributed by atoms with Gasteiger partial charge in [-0.25, -0.2) is 0 Å². The first-order chi connectivity index (χ1) is 4.83. The number of carbonyl (C=O) groups excluding carboxylic acids is 1. The summed E-state index contributed by atoms with van der Waals surface area (Å²) in [6.45, 7) is 0.244. The third kappa shape index (κ3) is 6.15. The smallest absolute Gasteiger partial charge is 0.160 e. The molecule has 0 aliphatic rings. The van der Waals surface area contributed by atoms with Gasteiger partial charge in [0.05, 0.1) is 14.4 Å². The lowest BCUT2D eigenvalue weighted by Gasteiger charge is -2.29. The SMILES string of the molecule is CC(=O)[C@H](O)COP(=O)([O-])[O-]. The van der Waals surface area contributed by atoms with Gasteiger partial charge < -0.3 is 24.0 Å². The summed E-state index contributed by atoms with van der Waals surface area (Å²) in [6, 6.07) is 0. The topological polar surface area (TPSA) is 110 Å². The molecule has 0 amide bonds. The van der Waals surface area contributed by atoms with Crippen molar-refractivity contribution >= 4 is 13.6 Å². The average Bonchev–Trinajstić information content (AvgIpc) is 1.80. The second-order valence-corrected chi connectivity index (χ2v) is 3.02. The standard InChI is InChI=1S/C4H9O6P/c1-3(5)4(6)2-10-11(7,8)9/h4,6H,2H2,1H3,(H2,7,8,9)/p-2/t4-/m1/s1. The fourth-order valence-corrected chi connectivity index (χ4v) is 0.603. The summed E-state index contributed by atoms with van der Waals surface area (Å²) < 4.78 is 13.4. The van der Waals surface area contributed by atoms with Crippen molar-refractivity contribution in [1.29, 1.82) is 0 Å². The van der Waals surface area contributed by atoms with E-state index in [4.69, 9.17) is 5.11 Å². The monoisotopic (exact) mass is 182 g/mol. The quantitative estimate of drug-likeness (QED) is 0.493. The molecule has 66 valence electrons. The summed E-state index contributed by atoms with van der Waals surface area (Å²) in [5.74, 6) is -0.654. The van der Waals surface area contributed by atoms with E-state index >= 15 is 0 Å². The molecule has 0 unspecified atom stereocenters. The van der Waals surface area contributed by atoms with Gasteiger partial charge in [0.1, 0.15) is 6.10 Å². The molecular weight excluding hydrogens is 175 g/mol. The third-order valence-electron chi connectivity index (χ3n) is 0.860. The molecule has 0 radical (unpaired) electrons. The maximum atomic E-state index is 10.2. The summed E-state index contributed by atoms with van der Waals surface area (Å²) in [6.07, 6.45) is -1.55. The van der Waals surface area contributed by atoms with E-state index < -0.39 is 26.3 Å². The molecule has 0 saturated heterocycles. The largest absolute Gasteiger partial charge is 0.790 e. The first-order valence-corrected chi connectivity index (χ1v) is 4.14. The lowest BCUT2D eigenvalue weighted by Crippen LogP contribution is -2.26. The molecule has 0 rings (SSSR count). The predicted octanol–water partition coefficient (Wildman–Crippen LogP) is -2.22. The molecule has 1 atom stereocenters. The van der Waals surface area contributed by atoms with E-state index in [1.165, 1.54) is 0 Å². The Balaban J connectivity index is 3.72. The molecular formula is C4H7O6P-2. The number of phosphoric acid groups is 1. The molecule has 0 bridgehead atoms. The van der Waals surface area contributed by atoms with Crippen molar-refractivity contribution in [3.63, 3.8) is 0 Å². The molecule has 0 saturated carbocycles. The third-order valence-corrected chi connectivity index (χ3v) is 1.33. The first kappa shape index (κ1) is 10.7. The first-order valence-electron chi connectivity index (χ1n) is 2.68. The minimum atomic E-state index is -5.07. The van der Waals surface area contributed by atoms with Gasteiger partial charge in [0.25, 0.3) is 0 Å². The predicted molar refractivity (Wildman–Crippen MR) is 30.2 cm³/mol. The summed E-state index contributed by atoms with van der Waals surface area (Å²) in [5.41, 5.74) is 0. The van der Waals surface area contributed by atoms with E-state index in [9.17, 15) is 19.1 Å². The van der Waals surface area contributed by atoms with Gasteiger partial charge in [-0.05, 0) is 6.92 Å². The van der Waals surface area contributed by atoms with Crippen LogP contribution in [0.3, 0.4) is 0 Å². The van der Waals surface area contributed by atoms with Crippen molar-refractivity contribution in [1.82, 2.24) is 0 Å². The van der Waals surface area contributed by atoms with Crippen LogP contribution < -0.4 is 9.79 Å². The molecule has 0 spiro atoms. The zero-order valence-electron chi connectivity index (χ0n) is 5.72. The van der Waals surface area contributed by atoms with E-state index in [2.05, 4.69) is 4.52 Å². The van der Waals surface area contributed by atoms with Crippen molar-refractivity contribution < 1.29 is 28.8 Å². The van der Waals surface area contributed by atoms with Crippen LogP contribution in [0.25, 0.3) is 0 Å². The molecule has 0 aromatic carbocycles. The highest BCUT2D eigenvalue weighted by molar-refractivity contribution is 7.43. The summed E-state index contributed by atoms with van der Waals surface area (Å²) in [4.78, 5) is 29.8. The highest BCUT2D eigenvalue weighted by Gasteiger charge is 2.09. The van der Waals surface area contributed by atoms with Crippen LogP contribution in [0, 0.1) is 0 Å². The molecule has 0 fully saturated rings. The molecule has 0 heterocycles. The molecule has 11 heavy (non-hydrogen) atoms. The van der Waals surface area contributed by atoms with E-state index in [1.807, 2.05) is 0 Å². The molecule has 0 aliphatic carbocycles. The Labute approximate surface area is 63.0 Å². The van der Waals surface area contributed by atoms with Crippen molar-refractivity contribution in [2.24, 2.45) is 0 Å². The van der Waals surface area contributed by atoms with Crippen molar-refractivity contribution in [3.05, 3.63) is 0 Å². The van der Waals surface area contributed by atoms with Gasteiger partial charge in [0.15, 0.2) is 5.78 Å². The Morgan fingerprint density at radius 3 is 2.45 bits per heavy atom. The van der Waals surface area contributed by atoms with Crippen LogP contribution in [0.4, 0.5) is 0 Å². The number of ketones is 1. The number of rotatable bonds is 4. The van der Waals surface area contributed by atoms with Gasteiger partial charge in [0, 0.05) is 0 Å². The molecule has 0 aliphatic heterocycles. The second kappa shape index (κ2) is 3.94. The minimum absolute atomic E-state index is 0.654. The van der Waals surface area contributed by atoms with Gasteiger partial charge in [-0.2, -0.15) is 0 Å². The number of aliphatic hydroxyl groups is 1. The Bertz CT molecular complexity index is 183. The van der Waals surface area contributed by atoms with E-state index in [0.717, 1.165) is 6.92 Å². The van der Waals surface area contributed by atoms with Crippen LogP contribution in [-0.2, 0) is 13.9 Å². The van der Waals surface area contributed by atoms with Crippen LogP contribution in [0.2, 0.25) is 0 Å². The van der Waals surface area contributed by atoms with Gasteiger partial charge in [-0.15, -0.1) is 0 Å². The van der Waals surface area contributed by atoms with E-state index in [0.29, 0.717) is 0 Å². The fraction of sp³-hybridized carbons (Fsp3) is 0.750. The van der Waals surface area contributed by atoms with Crippen LogP contribution in [-0.4, -0.2) is 23.6 Å². The average molecular weight is 182 g/mol. The summed E-state index contributed by atoms with van der Waals surface area (Å²) in [7, 11) is -5.07. The number of phosphoric ester groups is 1. The van der Waals surface area contributed by atoms with Crippen molar-refractivity contribution in [2.75, 3.05) is 6.61 Å². The van der Waals surface area contributed by atoms with Crippen LogP contribution in [0.1, 0.15) is 6.92 Å². The molecule has 1 N–H and O–H groups in total. The number of hydrogen-bond donors (Lipinski definition) is 1. The van der Waals surface area contributed by atoms with Crippen LogP contribution in [0.15, 0.2) is 0 Å². The van der Waals surface area contributed by atoms with Gasteiger partial charge >= 0.3 is 0 Å². The number of aliphatic hydroxyl groups excluding tert-OH is 1. The maximum absolute atomic E-state index is 10.2. The second-order valence-electron chi connectivity index (χ2n) is 1.87. The van der Waals surface area contributed by atoms with E-state index in [-0.39, 0.29) is 0 Å². The minimum Gasteiger partial charge on any atom is -0.790 e. The lowest BCUT2D eigenvalue weighted by molar-refractivity contribution is -0.342. The highest BCUT2D eigenvalue weighted by Crippen LogP contribution is 2.24. The van der Waals surface area contributed by atoms with Crippen molar-refractivity contribution in [3.8, 4) is 0 Å². The zero-order chi connectivity index (χ0) is 9.07. The van der Waals surface area contributed by atoms with Crippen LogP contribution in [0.5, 0.6) is 0 Å².